The lowest BCUT2D eigenvalue weighted by Gasteiger charge is -2.31. The van der Waals surface area contributed by atoms with Crippen molar-refractivity contribution in [2.75, 3.05) is 13.2 Å². The number of rotatable bonds is 18. The van der Waals surface area contributed by atoms with Gasteiger partial charge in [0.15, 0.2) is 12.6 Å². The van der Waals surface area contributed by atoms with Gasteiger partial charge in [-0.25, -0.2) is 9.59 Å². The predicted molar refractivity (Wildman–Crippen MR) is 180 cm³/mol. The number of ether oxygens (including phenoxy) is 1. The smallest absolute Gasteiger partial charge is 0.408 e. The molecule has 1 aromatic rings. The summed E-state index contributed by atoms with van der Waals surface area (Å²) in [5.41, 5.74) is 0.332. The predicted octanol–water partition coefficient (Wildman–Crippen LogP) is 1.88. The molecular weight excluding hydrogens is 646 g/mol. The number of aliphatic carboxylic acids is 1. The molecule has 3 saturated carbocycles. The largest absolute Gasteiger partial charge is 0.479 e. The molecular formula is C36H47N5O9. The topological polar surface area (TPSA) is 209 Å². The summed E-state index contributed by atoms with van der Waals surface area (Å²) >= 11 is 0. The van der Waals surface area contributed by atoms with Crippen molar-refractivity contribution < 1.29 is 43.4 Å². The minimum absolute atomic E-state index is 0.126. The van der Waals surface area contributed by atoms with Crippen molar-refractivity contribution >= 4 is 41.5 Å². The van der Waals surface area contributed by atoms with Crippen LogP contribution in [0.2, 0.25) is 0 Å². The average molecular weight is 694 g/mol. The number of amides is 5. The Bertz CT molecular complexity index is 1460. The third-order valence-corrected chi connectivity index (χ3v) is 9.25. The molecule has 14 heteroatoms. The van der Waals surface area contributed by atoms with Gasteiger partial charge in [0.25, 0.3) is 5.91 Å². The minimum atomic E-state index is -1.36. The summed E-state index contributed by atoms with van der Waals surface area (Å²) in [6, 6.07) is 3.52. The Morgan fingerprint density at radius 3 is 2.02 bits per heavy atom. The van der Waals surface area contributed by atoms with Crippen molar-refractivity contribution in [3.05, 3.63) is 35.9 Å². The number of nitrogens with one attached hydrogen (secondary N) is 5. The van der Waals surface area contributed by atoms with Gasteiger partial charge < -0.3 is 36.4 Å². The van der Waals surface area contributed by atoms with Crippen LogP contribution in [0.1, 0.15) is 89.2 Å². The second-order valence-corrected chi connectivity index (χ2v) is 13.3. The quantitative estimate of drug-likeness (QED) is 0.0978. The van der Waals surface area contributed by atoms with Gasteiger partial charge in [-0.15, -0.1) is 5.92 Å². The van der Waals surface area contributed by atoms with Crippen molar-refractivity contribution in [3.8, 4) is 11.8 Å². The minimum Gasteiger partial charge on any atom is -0.479 e. The fourth-order valence-electron chi connectivity index (χ4n) is 6.13. The summed E-state index contributed by atoms with van der Waals surface area (Å²) in [6.45, 7) is 0.832. The molecule has 1 unspecified atom stereocenters. The highest BCUT2D eigenvalue weighted by Gasteiger charge is 2.39. The van der Waals surface area contributed by atoms with E-state index in [9.17, 15) is 38.7 Å². The van der Waals surface area contributed by atoms with Crippen LogP contribution in [0.4, 0.5) is 4.79 Å². The van der Waals surface area contributed by atoms with Crippen LogP contribution in [0.15, 0.2) is 30.3 Å². The number of hydrogen-bond acceptors (Lipinski definition) is 8. The number of carboxylic acid groups (broad SMARTS) is 1. The second kappa shape index (κ2) is 18.7. The summed E-state index contributed by atoms with van der Waals surface area (Å²) in [6.07, 6.45) is 7.47. The van der Waals surface area contributed by atoms with E-state index in [1.807, 2.05) is 0 Å². The van der Waals surface area contributed by atoms with Crippen LogP contribution >= 0.6 is 0 Å². The molecule has 0 saturated heterocycles. The molecule has 3 aliphatic rings. The molecule has 3 fully saturated rings. The third-order valence-electron chi connectivity index (χ3n) is 9.25. The number of carboxylic acids is 1. The van der Waals surface area contributed by atoms with E-state index in [0.29, 0.717) is 12.0 Å². The van der Waals surface area contributed by atoms with Gasteiger partial charge >= 0.3 is 12.1 Å². The molecule has 0 bridgehead atoms. The molecule has 0 aliphatic heterocycles. The number of carbonyl (C=O) groups is 7. The Balaban J connectivity index is 1.39. The van der Waals surface area contributed by atoms with Crippen LogP contribution in [0, 0.1) is 29.6 Å². The lowest BCUT2D eigenvalue weighted by Crippen LogP contribution is -2.58. The molecule has 0 radical (unpaired) electrons. The first-order valence-corrected chi connectivity index (χ1v) is 17.4. The molecule has 5 amide bonds. The van der Waals surface area contributed by atoms with Crippen molar-refractivity contribution in [1.29, 1.82) is 0 Å². The van der Waals surface area contributed by atoms with E-state index in [1.54, 1.807) is 25.1 Å². The maximum absolute atomic E-state index is 13.7. The van der Waals surface area contributed by atoms with Crippen LogP contribution in [-0.4, -0.2) is 77.9 Å². The normalized spacial score (nSPS) is 18.0. The van der Waals surface area contributed by atoms with Gasteiger partial charge in [-0.3, -0.25) is 24.0 Å². The first kappa shape index (κ1) is 37.9. The fourth-order valence-corrected chi connectivity index (χ4v) is 6.13. The molecule has 0 heterocycles. The van der Waals surface area contributed by atoms with E-state index >= 15 is 0 Å². The van der Waals surface area contributed by atoms with Crippen LogP contribution in [-0.2, 0) is 33.5 Å². The number of alkyl carbamates (subject to hydrolysis) is 1. The zero-order valence-electron chi connectivity index (χ0n) is 28.3. The van der Waals surface area contributed by atoms with Gasteiger partial charge in [-0.05, 0) is 55.9 Å². The maximum Gasteiger partial charge on any atom is 0.408 e. The summed E-state index contributed by atoms with van der Waals surface area (Å²) in [5.74, 6) is 0.132. The summed E-state index contributed by atoms with van der Waals surface area (Å²) in [4.78, 5) is 90.5. The second-order valence-electron chi connectivity index (χ2n) is 13.3. The van der Waals surface area contributed by atoms with Crippen LogP contribution in [0.3, 0.4) is 0 Å². The highest BCUT2D eigenvalue weighted by molar-refractivity contribution is 6.38. The van der Waals surface area contributed by atoms with Gasteiger partial charge in [0, 0.05) is 0 Å². The Morgan fingerprint density at radius 1 is 0.800 bits per heavy atom. The monoisotopic (exact) mass is 693 g/mol. The molecule has 0 aromatic heterocycles. The Labute approximate surface area is 291 Å². The van der Waals surface area contributed by atoms with Crippen molar-refractivity contribution in [2.24, 2.45) is 17.8 Å². The molecule has 1 aromatic carbocycles. The fraction of sp³-hybridized carbons (Fsp3) is 0.583. The highest BCUT2D eigenvalue weighted by Crippen LogP contribution is 2.35. The van der Waals surface area contributed by atoms with Gasteiger partial charge in [0.2, 0.25) is 23.5 Å². The number of benzene rings is 1. The van der Waals surface area contributed by atoms with E-state index in [2.05, 4.69) is 38.4 Å². The molecule has 270 valence electrons. The Hall–Kier alpha value is -4.93. The zero-order valence-corrected chi connectivity index (χ0v) is 28.3. The SMILES string of the molecule is CC#CCOC(=O)N[C@H](C(=O)N[C@@H](CC1CC1)C(=O)NC(CC1CC1)C(=O)C(=O)NCC(=O)N[C@H](C(=O)O)c1ccccc1)C1CCCCC1. The van der Waals surface area contributed by atoms with E-state index in [1.165, 1.54) is 12.1 Å². The maximum atomic E-state index is 13.7. The molecule has 6 N–H and O–H groups in total. The van der Waals surface area contributed by atoms with Crippen LogP contribution in [0.25, 0.3) is 0 Å². The first-order valence-electron chi connectivity index (χ1n) is 17.4. The number of carbonyl (C=O) groups excluding carboxylic acids is 6. The third kappa shape index (κ3) is 12.2. The molecule has 4 rings (SSSR count). The standard InChI is InChI=1S/C36H47N5O9/c1-2-3-18-50-36(49)41-29(24-10-6-4-7-11-24)33(45)39-27(20-23-16-17-23)32(44)38-26(19-22-14-15-22)31(43)34(46)37-21-28(42)40-30(35(47)48)25-12-8-5-9-13-25/h5,8-9,12-13,22-24,26-27,29-30H,4,6-7,10-11,14-21H2,1H3,(H,37,46)(H,38,44)(H,39,45)(H,40,42)(H,41,49)(H,47,48)/t26?,27-,29-,30-/m0/s1. The van der Waals surface area contributed by atoms with E-state index in [0.717, 1.165) is 57.8 Å². The summed E-state index contributed by atoms with van der Waals surface area (Å²) in [5, 5.41) is 22.3. The van der Waals surface area contributed by atoms with Crippen LogP contribution in [0.5, 0.6) is 0 Å². The first-order chi connectivity index (χ1) is 24.0. The van der Waals surface area contributed by atoms with Gasteiger partial charge in [-0.1, -0.05) is 81.2 Å². The van der Waals surface area contributed by atoms with Crippen LogP contribution < -0.4 is 26.6 Å². The van der Waals surface area contributed by atoms with E-state index in [-0.39, 0.29) is 30.8 Å². The van der Waals surface area contributed by atoms with Crippen molar-refractivity contribution in [1.82, 2.24) is 26.6 Å². The van der Waals surface area contributed by atoms with Gasteiger partial charge in [0.05, 0.1) is 12.6 Å². The lowest BCUT2D eigenvalue weighted by atomic mass is 9.83. The molecule has 3 aliphatic carbocycles. The zero-order chi connectivity index (χ0) is 36.0. The molecule has 50 heavy (non-hydrogen) atoms. The van der Waals surface area contributed by atoms with Gasteiger partial charge in [0.1, 0.15) is 12.1 Å². The van der Waals surface area contributed by atoms with Crippen molar-refractivity contribution in [3.63, 3.8) is 0 Å². The Kier molecular flexibility index (Phi) is 14.2. The molecule has 4 atom stereocenters. The van der Waals surface area contributed by atoms with Crippen molar-refractivity contribution in [2.45, 2.75) is 102 Å². The molecule has 0 spiro atoms. The summed E-state index contributed by atoms with van der Waals surface area (Å²) in [7, 11) is 0. The summed E-state index contributed by atoms with van der Waals surface area (Å²) < 4.78 is 5.10. The number of hydrogen-bond donors (Lipinski definition) is 6. The molecule has 14 nitrogen and oxygen atoms in total. The van der Waals surface area contributed by atoms with E-state index < -0.39 is 72.2 Å². The lowest BCUT2D eigenvalue weighted by molar-refractivity contribution is -0.142. The number of Topliss-reactive ketones (excluding diaryl/α,β-unsaturated/α-hetero) is 1. The Morgan fingerprint density at radius 2 is 1.42 bits per heavy atom. The number of ketones is 1. The van der Waals surface area contributed by atoms with Gasteiger partial charge in [-0.2, -0.15) is 0 Å². The van der Waals surface area contributed by atoms with E-state index in [4.69, 9.17) is 4.74 Å². The average Bonchev–Trinajstić information content (AvgIpc) is 4.06. The highest BCUT2D eigenvalue weighted by atomic mass is 16.5.